The van der Waals surface area contributed by atoms with Crippen LogP contribution in [0.4, 0.5) is 4.39 Å². The maximum Gasteiger partial charge on any atom is 0.323 e. The maximum atomic E-state index is 14.7. The number of benzene rings is 3. The van der Waals surface area contributed by atoms with Crippen molar-refractivity contribution >= 4 is 17.6 Å². The third kappa shape index (κ3) is 6.86. The number of carboxylic acids is 1. The van der Waals surface area contributed by atoms with Crippen LogP contribution in [0.5, 0.6) is 5.75 Å². The van der Waals surface area contributed by atoms with E-state index < -0.39 is 18.1 Å². The smallest absolute Gasteiger partial charge is 0.323 e. The van der Waals surface area contributed by atoms with Crippen LogP contribution in [-0.4, -0.2) is 33.3 Å². The summed E-state index contributed by atoms with van der Waals surface area (Å²) < 4.78 is 20.9. The molecule has 9 heteroatoms. The van der Waals surface area contributed by atoms with Crippen LogP contribution in [0.25, 0.3) is 11.1 Å². The Morgan fingerprint density at radius 1 is 1.16 bits per heavy atom. The van der Waals surface area contributed by atoms with Crippen molar-refractivity contribution in [2.75, 3.05) is 0 Å². The Labute approximate surface area is 254 Å². The van der Waals surface area contributed by atoms with Crippen molar-refractivity contribution in [3.05, 3.63) is 117 Å². The van der Waals surface area contributed by atoms with Gasteiger partial charge in [-0.05, 0) is 78.6 Å². The highest BCUT2D eigenvalue weighted by atomic mass is 35.5. The summed E-state index contributed by atoms with van der Waals surface area (Å²) in [5.41, 5.74) is 6.43. The summed E-state index contributed by atoms with van der Waals surface area (Å²) >= 11 is 6.81. The number of aromatic nitrogens is 1. The zero-order valence-electron chi connectivity index (χ0n) is 23.6. The number of aliphatic carboxylic acids is 1. The molecule has 4 aromatic rings. The summed E-state index contributed by atoms with van der Waals surface area (Å²) in [6.07, 6.45) is 4.31. The molecule has 3 aromatic carbocycles. The first-order valence-electron chi connectivity index (χ1n) is 14.0. The fourth-order valence-electron chi connectivity index (χ4n) is 5.69. The van der Waals surface area contributed by atoms with Crippen molar-refractivity contribution in [1.82, 2.24) is 10.3 Å². The zero-order valence-corrected chi connectivity index (χ0v) is 24.3. The minimum absolute atomic E-state index is 0.0892. The largest absolute Gasteiger partial charge is 0.489 e. The molecule has 0 spiro atoms. The Bertz CT molecular complexity index is 1690. The molecule has 0 radical (unpaired) electrons. The third-order valence-corrected chi connectivity index (χ3v) is 8.19. The molecule has 43 heavy (non-hydrogen) atoms. The normalized spacial score (nSPS) is 15.4. The third-order valence-electron chi connectivity index (χ3n) is 7.83. The molecule has 0 amide bonds. The van der Waals surface area contributed by atoms with E-state index in [9.17, 15) is 24.7 Å². The van der Waals surface area contributed by atoms with Crippen molar-refractivity contribution in [2.45, 2.75) is 57.4 Å². The van der Waals surface area contributed by atoms with Gasteiger partial charge in [-0.1, -0.05) is 48.0 Å². The van der Waals surface area contributed by atoms with Gasteiger partial charge in [0.25, 0.3) is 0 Å². The molecule has 0 saturated heterocycles. The van der Waals surface area contributed by atoms with Crippen molar-refractivity contribution in [3.63, 3.8) is 0 Å². The highest BCUT2D eigenvalue weighted by Crippen LogP contribution is 2.42. The fraction of sp³-hybridized carbons (Fsp3) is 0.265. The second-order valence-corrected chi connectivity index (χ2v) is 11.2. The van der Waals surface area contributed by atoms with Crippen LogP contribution < -0.4 is 10.1 Å². The maximum absolute atomic E-state index is 14.7. The van der Waals surface area contributed by atoms with Gasteiger partial charge in [-0.3, -0.25) is 15.1 Å². The molecule has 0 aliphatic heterocycles. The molecule has 5 rings (SSSR count). The average Bonchev–Trinajstić information content (AvgIpc) is 3.40. The van der Waals surface area contributed by atoms with E-state index in [2.05, 4.69) is 22.4 Å². The highest BCUT2D eigenvalue weighted by Gasteiger charge is 2.27. The Morgan fingerprint density at radius 2 is 1.95 bits per heavy atom. The lowest BCUT2D eigenvalue weighted by Crippen LogP contribution is -2.44. The van der Waals surface area contributed by atoms with Gasteiger partial charge in [0, 0.05) is 40.7 Å². The van der Waals surface area contributed by atoms with Crippen LogP contribution in [-0.2, 0) is 30.8 Å². The number of carbonyl (C=O) groups is 1. The van der Waals surface area contributed by atoms with Crippen LogP contribution in [0.1, 0.15) is 52.6 Å². The first-order chi connectivity index (χ1) is 20.7. The predicted molar refractivity (Wildman–Crippen MR) is 161 cm³/mol. The molecule has 220 valence electrons. The van der Waals surface area contributed by atoms with Crippen molar-refractivity contribution < 1.29 is 24.1 Å². The van der Waals surface area contributed by atoms with Gasteiger partial charge in [-0.25, -0.2) is 4.39 Å². The van der Waals surface area contributed by atoms with Gasteiger partial charge >= 0.3 is 5.97 Å². The number of nitrogens with zero attached hydrogens (tertiary/aromatic N) is 2. The van der Waals surface area contributed by atoms with E-state index in [1.54, 1.807) is 30.5 Å². The Kier molecular flexibility index (Phi) is 9.37. The molecule has 3 unspecified atom stereocenters. The molecule has 1 aromatic heterocycles. The van der Waals surface area contributed by atoms with Crippen LogP contribution in [0.3, 0.4) is 0 Å². The topological polar surface area (TPSA) is 115 Å². The molecule has 3 atom stereocenters. The number of hydrogen-bond acceptors (Lipinski definition) is 6. The number of pyridine rings is 1. The standard InChI is InChI=1S/C34H31ClFN3O4/c1-20(40)33(34(41)42)39-18-25-13-30(35)24(14-32(25)43-19-22-11-21(15-37)16-38-17-22)12-23-9-10-28-26(23)6-4-7-27(28)29-5-2-3-8-31(29)36/h2-8,11,13-14,16-17,20,23,33,39-40H,9-10,12,18-19H2,1H3,(H,41,42). The minimum atomic E-state index is -1.18. The van der Waals surface area contributed by atoms with Crippen LogP contribution >= 0.6 is 11.6 Å². The molecule has 1 heterocycles. The lowest BCUT2D eigenvalue weighted by atomic mass is 9.90. The summed E-state index contributed by atoms with van der Waals surface area (Å²) in [6.45, 7) is 1.63. The monoisotopic (exact) mass is 599 g/mol. The average molecular weight is 600 g/mol. The number of ether oxygens (including phenoxy) is 1. The highest BCUT2D eigenvalue weighted by molar-refractivity contribution is 6.31. The van der Waals surface area contributed by atoms with Crippen molar-refractivity contribution in [1.29, 1.82) is 5.26 Å². The summed E-state index contributed by atoms with van der Waals surface area (Å²) in [4.78, 5) is 15.7. The summed E-state index contributed by atoms with van der Waals surface area (Å²) in [5.74, 6) is -0.750. The van der Waals surface area contributed by atoms with E-state index in [4.69, 9.17) is 16.3 Å². The van der Waals surface area contributed by atoms with Gasteiger partial charge in [0.05, 0.1) is 11.7 Å². The fourth-order valence-corrected chi connectivity index (χ4v) is 5.95. The van der Waals surface area contributed by atoms with Crippen molar-refractivity contribution in [2.24, 2.45) is 0 Å². The molecule has 1 aliphatic rings. The van der Waals surface area contributed by atoms with Crippen molar-refractivity contribution in [3.8, 4) is 22.9 Å². The molecular weight excluding hydrogens is 569 g/mol. The number of carboxylic acid groups (broad SMARTS) is 1. The van der Waals surface area contributed by atoms with E-state index in [-0.39, 0.29) is 24.9 Å². The molecule has 3 N–H and O–H groups in total. The van der Waals surface area contributed by atoms with E-state index in [1.807, 2.05) is 24.3 Å². The van der Waals surface area contributed by atoms with Gasteiger partial charge in [-0.2, -0.15) is 5.26 Å². The molecule has 7 nitrogen and oxygen atoms in total. The van der Waals surface area contributed by atoms with Crippen LogP contribution in [0, 0.1) is 17.1 Å². The van der Waals surface area contributed by atoms with Crippen LogP contribution in [0.2, 0.25) is 5.02 Å². The molecule has 0 saturated carbocycles. The lowest BCUT2D eigenvalue weighted by Gasteiger charge is -2.21. The van der Waals surface area contributed by atoms with Gasteiger partial charge in [0.2, 0.25) is 0 Å². The Balaban J connectivity index is 1.43. The number of nitriles is 1. The number of nitrogens with one attached hydrogen (secondary N) is 1. The number of aliphatic hydroxyl groups is 1. The second kappa shape index (κ2) is 13.3. The SMILES string of the molecule is CC(O)C(NCc1cc(Cl)c(CC2CCc3c(-c4ccccc4F)cccc32)cc1OCc1cncc(C#N)c1)C(=O)O. The van der Waals surface area contributed by atoms with Gasteiger partial charge in [-0.15, -0.1) is 0 Å². The summed E-state index contributed by atoms with van der Waals surface area (Å²) in [6, 6.07) is 19.1. The van der Waals surface area contributed by atoms with Gasteiger partial charge < -0.3 is 14.9 Å². The Hall–Kier alpha value is -4.29. The summed E-state index contributed by atoms with van der Waals surface area (Å²) in [5, 5.41) is 32.0. The number of rotatable bonds is 11. The lowest BCUT2D eigenvalue weighted by molar-refractivity contribution is -0.142. The van der Waals surface area contributed by atoms with E-state index in [0.717, 1.165) is 29.5 Å². The first-order valence-corrected chi connectivity index (χ1v) is 14.4. The number of aliphatic hydroxyl groups excluding tert-OH is 1. The quantitative estimate of drug-likeness (QED) is 0.188. The zero-order chi connectivity index (χ0) is 30.5. The number of halogens is 2. The van der Waals surface area contributed by atoms with Gasteiger partial charge in [0.15, 0.2) is 0 Å². The second-order valence-electron chi connectivity index (χ2n) is 10.8. The number of hydrogen-bond donors (Lipinski definition) is 3. The summed E-state index contributed by atoms with van der Waals surface area (Å²) in [7, 11) is 0. The predicted octanol–water partition coefficient (Wildman–Crippen LogP) is 6.19. The van der Waals surface area contributed by atoms with E-state index in [0.29, 0.717) is 39.4 Å². The van der Waals surface area contributed by atoms with Gasteiger partial charge in [0.1, 0.15) is 30.3 Å². The molecule has 1 aliphatic carbocycles. The van der Waals surface area contributed by atoms with E-state index >= 15 is 0 Å². The Morgan fingerprint density at radius 3 is 2.70 bits per heavy atom. The molecule has 0 bridgehead atoms. The van der Waals surface area contributed by atoms with Crippen LogP contribution in [0.15, 0.2) is 73.1 Å². The molecule has 0 fully saturated rings. The van der Waals surface area contributed by atoms with E-state index in [1.165, 1.54) is 24.8 Å². The first kappa shape index (κ1) is 30.2. The molecular formula is C34H31ClFN3O4. The minimum Gasteiger partial charge on any atom is -0.489 e. The number of fused-ring (bicyclic) bond motifs is 1.